The molecule has 0 aliphatic rings. The maximum atomic E-state index is 12.2. The van der Waals surface area contributed by atoms with Crippen LogP contribution in [0.4, 0.5) is 11.4 Å². The average molecular weight is 297 g/mol. The summed E-state index contributed by atoms with van der Waals surface area (Å²) in [6.07, 6.45) is 0. The number of benzene rings is 2. The molecular formula is C18H23N3O. The molecule has 2 rings (SSSR count). The number of aryl methyl sites for hydroxylation is 1. The molecule has 0 atom stereocenters. The van der Waals surface area contributed by atoms with Crippen molar-refractivity contribution in [2.24, 2.45) is 0 Å². The van der Waals surface area contributed by atoms with Crippen molar-refractivity contribution in [1.29, 1.82) is 0 Å². The van der Waals surface area contributed by atoms with E-state index in [0.717, 1.165) is 22.5 Å². The van der Waals surface area contributed by atoms with Gasteiger partial charge in [-0.2, -0.15) is 0 Å². The summed E-state index contributed by atoms with van der Waals surface area (Å²) in [5.74, 6) is -0.0138. The van der Waals surface area contributed by atoms with Gasteiger partial charge in [-0.1, -0.05) is 24.3 Å². The van der Waals surface area contributed by atoms with Crippen LogP contribution >= 0.6 is 0 Å². The molecule has 3 N–H and O–H groups in total. The zero-order valence-electron chi connectivity index (χ0n) is 13.4. The van der Waals surface area contributed by atoms with Crippen LogP contribution in [0.15, 0.2) is 42.5 Å². The van der Waals surface area contributed by atoms with Gasteiger partial charge in [0.2, 0.25) is 5.91 Å². The highest BCUT2D eigenvalue weighted by Gasteiger charge is 2.09. The van der Waals surface area contributed by atoms with Crippen LogP contribution in [0, 0.1) is 13.8 Å². The second kappa shape index (κ2) is 7.09. The number of likely N-dealkylation sites (N-methyl/N-ethyl adjacent to an activating group) is 1. The molecule has 4 heteroatoms. The molecule has 116 valence electrons. The van der Waals surface area contributed by atoms with Gasteiger partial charge in [0.05, 0.1) is 6.54 Å². The van der Waals surface area contributed by atoms with Crippen LogP contribution in [0.25, 0.3) is 0 Å². The van der Waals surface area contributed by atoms with Gasteiger partial charge in [0.15, 0.2) is 0 Å². The van der Waals surface area contributed by atoms with Crippen molar-refractivity contribution in [1.82, 2.24) is 4.90 Å². The van der Waals surface area contributed by atoms with E-state index >= 15 is 0 Å². The third kappa shape index (κ3) is 4.33. The summed E-state index contributed by atoms with van der Waals surface area (Å²) in [5.41, 5.74) is 10.8. The van der Waals surface area contributed by atoms with Crippen molar-refractivity contribution < 1.29 is 4.79 Å². The quantitative estimate of drug-likeness (QED) is 0.834. The Morgan fingerprint density at radius 1 is 1.18 bits per heavy atom. The van der Waals surface area contributed by atoms with Crippen LogP contribution in [0.1, 0.15) is 16.7 Å². The van der Waals surface area contributed by atoms with E-state index in [-0.39, 0.29) is 5.91 Å². The number of nitrogens with zero attached hydrogens (tertiary/aromatic N) is 1. The van der Waals surface area contributed by atoms with E-state index in [4.69, 9.17) is 5.73 Å². The number of rotatable bonds is 5. The molecule has 0 fully saturated rings. The minimum atomic E-state index is -0.0138. The number of hydrogen-bond donors (Lipinski definition) is 2. The Bertz CT molecular complexity index is 667. The first-order valence-corrected chi connectivity index (χ1v) is 7.34. The number of anilines is 2. The molecule has 0 aliphatic carbocycles. The Balaban J connectivity index is 1.92. The van der Waals surface area contributed by atoms with E-state index in [0.29, 0.717) is 13.1 Å². The topological polar surface area (TPSA) is 58.4 Å². The van der Waals surface area contributed by atoms with Gasteiger partial charge >= 0.3 is 0 Å². The maximum absolute atomic E-state index is 12.2. The summed E-state index contributed by atoms with van der Waals surface area (Å²) < 4.78 is 0. The van der Waals surface area contributed by atoms with E-state index in [1.54, 1.807) is 0 Å². The van der Waals surface area contributed by atoms with Crippen LogP contribution in [0.3, 0.4) is 0 Å². The molecule has 0 aliphatic heterocycles. The second-order valence-corrected chi connectivity index (χ2v) is 5.71. The zero-order valence-corrected chi connectivity index (χ0v) is 13.4. The molecule has 4 nitrogen and oxygen atoms in total. The molecule has 0 spiro atoms. The molecule has 2 aromatic rings. The molecule has 0 radical (unpaired) electrons. The summed E-state index contributed by atoms with van der Waals surface area (Å²) in [6.45, 7) is 5.08. The molecule has 22 heavy (non-hydrogen) atoms. The van der Waals surface area contributed by atoms with Gasteiger partial charge in [-0.25, -0.2) is 0 Å². The molecule has 0 bridgehead atoms. The largest absolute Gasteiger partial charge is 0.399 e. The van der Waals surface area contributed by atoms with Gasteiger partial charge in [0, 0.05) is 17.9 Å². The van der Waals surface area contributed by atoms with Crippen LogP contribution in [-0.2, 0) is 11.3 Å². The molecule has 2 aromatic carbocycles. The standard InChI is InChI=1S/C18H23N3O/c1-13-6-4-9-17(14(13)2)20-18(22)12-21(3)11-15-7-5-8-16(19)10-15/h4-10H,11-12,19H2,1-3H3,(H,20,22). The number of nitrogens with two attached hydrogens (primary N) is 1. The fourth-order valence-electron chi connectivity index (χ4n) is 2.38. The number of carbonyl (C=O) groups excluding carboxylic acids is 1. The fourth-order valence-corrected chi connectivity index (χ4v) is 2.38. The van der Waals surface area contributed by atoms with Gasteiger partial charge in [-0.05, 0) is 55.8 Å². The minimum Gasteiger partial charge on any atom is -0.399 e. The zero-order chi connectivity index (χ0) is 16.1. The second-order valence-electron chi connectivity index (χ2n) is 5.71. The predicted octanol–water partition coefficient (Wildman–Crippen LogP) is 2.96. The number of nitrogen functional groups attached to an aromatic ring is 1. The van der Waals surface area contributed by atoms with E-state index in [1.807, 2.05) is 68.3 Å². The Hall–Kier alpha value is -2.33. The smallest absolute Gasteiger partial charge is 0.238 e. The predicted molar refractivity (Wildman–Crippen MR) is 91.7 cm³/mol. The number of nitrogens with one attached hydrogen (secondary N) is 1. The van der Waals surface area contributed by atoms with Gasteiger partial charge in [-0.3, -0.25) is 9.69 Å². The third-order valence-corrected chi connectivity index (χ3v) is 3.70. The normalized spacial score (nSPS) is 10.7. The summed E-state index contributed by atoms with van der Waals surface area (Å²) >= 11 is 0. The van der Waals surface area contributed by atoms with E-state index in [9.17, 15) is 4.79 Å². The van der Waals surface area contributed by atoms with Crippen molar-refractivity contribution in [3.05, 3.63) is 59.2 Å². The lowest BCUT2D eigenvalue weighted by atomic mass is 10.1. The summed E-state index contributed by atoms with van der Waals surface area (Å²) in [4.78, 5) is 14.1. The lowest BCUT2D eigenvalue weighted by molar-refractivity contribution is -0.117. The van der Waals surface area contributed by atoms with Gasteiger partial charge in [0.1, 0.15) is 0 Å². The minimum absolute atomic E-state index is 0.0138. The van der Waals surface area contributed by atoms with Crippen molar-refractivity contribution in [3.8, 4) is 0 Å². The van der Waals surface area contributed by atoms with Crippen molar-refractivity contribution in [2.75, 3.05) is 24.6 Å². The van der Waals surface area contributed by atoms with Crippen molar-refractivity contribution in [3.63, 3.8) is 0 Å². The third-order valence-electron chi connectivity index (χ3n) is 3.70. The molecule has 0 saturated carbocycles. The highest BCUT2D eigenvalue weighted by Crippen LogP contribution is 2.18. The lowest BCUT2D eigenvalue weighted by Crippen LogP contribution is -2.30. The Morgan fingerprint density at radius 2 is 1.91 bits per heavy atom. The highest BCUT2D eigenvalue weighted by atomic mass is 16.2. The van der Waals surface area contributed by atoms with Crippen molar-refractivity contribution in [2.45, 2.75) is 20.4 Å². The summed E-state index contributed by atoms with van der Waals surface area (Å²) in [6, 6.07) is 13.6. The Morgan fingerprint density at radius 3 is 2.64 bits per heavy atom. The van der Waals surface area contributed by atoms with Crippen LogP contribution in [-0.4, -0.2) is 24.4 Å². The number of hydrogen-bond acceptors (Lipinski definition) is 3. The van der Waals surface area contributed by atoms with E-state index < -0.39 is 0 Å². The molecule has 0 heterocycles. The average Bonchev–Trinajstić information content (AvgIpc) is 2.43. The molecule has 1 amide bonds. The first-order chi connectivity index (χ1) is 10.5. The summed E-state index contributed by atoms with van der Waals surface area (Å²) in [5, 5.41) is 2.97. The van der Waals surface area contributed by atoms with E-state index in [1.165, 1.54) is 5.56 Å². The first-order valence-electron chi connectivity index (χ1n) is 7.34. The molecular weight excluding hydrogens is 274 g/mol. The fraction of sp³-hybridized carbons (Fsp3) is 0.278. The highest BCUT2D eigenvalue weighted by molar-refractivity contribution is 5.93. The SMILES string of the molecule is Cc1cccc(NC(=O)CN(C)Cc2cccc(N)c2)c1C. The molecule has 0 saturated heterocycles. The van der Waals surface area contributed by atoms with Gasteiger partial charge < -0.3 is 11.1 Å². The van der Waals surface area contributed by atoms with Crippen LogP contribution < -0.4 is 11.1 Å². The first kappa shape index (κ1) is 16.0. The van der Waals surface area contributed by atoms with E-state index in [2.05, 4.69) is 5.32 Å². The van der Waals surface area contributed by atoms with Gasteiger partial charge in [-0.15, -0.1) is 0 Å². The molecule has 0 aromatic heterocycles. The summed E-state index contributed by atoms with van der Waals surface area (Å²) in [7, 11) is 1.92. The number of amides is 1. The Labute approximate surface area is 131 Å². The van der Waals surface area contributed by atoms with Crippen LogP contribution in [0.2, 0.25) is 0 Å². The van der Waals surface area contributed by atoms with Gasteiger partial charge in [0.25, 0.3) is 0 Å². The lowest BCUT2D eigenvalue weighted by Gasteiger charge is -2.17. The van der Waals surface area contributed by atoms with Crippen molar-refractivity contribution >= 4 is 17.3 Å². The monoisotopic (exact) mass is 297 g/mol. The number of carbonyl (C=O) groups is 1. The van der Waals surface area contributed by atoms with Crippen LogP contribution in [0.5, 0.6) is 0 Å². The Kier molecular flexibility index (Phi) is 5.17. The molecule has 0 unspecified atom stereocenters. The maximum Gasteiger partial charge on any atom is 0.238 e.